The van der Waals surface area contributed by atoms with Crippen molar-refractivity contribution in [3.8, 4) is 22.8 Å². The highest BCUT2D eigenvalue weighted by molar-refractivity contribution is 5.94. The number of aryl methyl sites for hydroxylation is 1. The van der Waals surface area contributed by atoms with Crippen molar-refractivity contribution < 1.29 is 18.3 Å². The van der Waals surface area contributed by atoms with Gasteiger partial charge < -0.3 is 10.5 Å². The molecule has 0 aliphatic carbocycles. The van der Waals surface area contributed by atoms with Crippen LogP contribution < -0.4 is 10.5 Å². The summed E-state index contributed by atoms with van der Waals surface area (Å²) in [6.45, 7) is 1.80. The molecule has 4 rings (SSSR count). The van der Waals surface area contributed by atoms with Gasteiger partial charge in [-0.3, -0.25) is 9.78 Å². The zero-order valence-electron chi connectivity index (χ0n) is 15.3. The molecule has 0 radical (unpaired) electrons. The SMILES string of the molecule is Cc1cc(-c2cc(Oc3cnc4c(F)c(F)ccc4c3)ccn2)ccc1C(N)=O. The largest absolute Gasteiger partial charge is 0.456 e. The number of nitrogens with two attached hydrogens (primary N) is 1. The summed E-state index contributed by atoms with van der Waals surface area (Å²) in [6.07, 6.45) is 2.92. The Morgan fingerprint density at radius 3 is 2.59 bits per heavy atom. The molecule has 0 aliphatic heterocycles. The highest BCUT2D eigenvalue weighted by atomic mass is 19.2. The van der Waals surface area contributed by atoms with E-state index in [4.69, 9.17) is 10.5 Å². The van der Waals surface area contributed by atoms with Crippen molar-refractivity contribution in [3.05, 3.63) is 83.7 Å². The third kappa shape index (κ3) is 3.62. The summed E-state index contributed by atoms with van der Waals surface area (Å²) in [6, 6.07) is 12.7. The molecule has 0 atom stereocenters. The number of ether oxygens (including phenoxy) is 1. The number of benzene rings is 2. The van der Waals surface area contributed by atoms with Crippen molar-refractivity contribution >= 4 is 16.8 Å². The maximum Gasteiger partial charge on any atom is 0.248 e. The van der Waals surface area contributed by atoms with Crippen LogP contribution in [0.3, 0.4) is 0 Å². The second-order valence-electron chi connectivity index (χ2n) is 6.48. The van der Waals surface area contributed by atoms with Crippen LogP contribution >= 0.6 is 0 Å². The highest BCUT2D eigenvalue weighted by Crippen LogP contribution is 2.29. The van der Waals surface area contributed by atoms with E-state index in [1.807, 2.05) is 6.07 Å². The Balaban J connectivity index is 1.64. The fraction of sp³-hybridized carbons (Fsp3) is 0.0455. The van der Waals surface area contributed by atoms with Crippen LogP contribution in [0.4, 0.5) is 8.78 Å². The van der Waals surface area contributed by atoms with E-state index in [1.165, 1.54) is 12.3 Å². The highest BCUT2D eigenvalue weighted by Gasteiger charge is 2.11. The van der Waals surface area contributed by atoms with Crippen molar-refractivity contribution in [2.75, 3.05) is 0 Å². The first-order valence-corrected chi connectivity index (χ1v) is 8.71. The van der Waals surface area contributed by atoms with Gasteiger partial charge in [-0.15, -0.1) is 0 Å². The van der Waals surface area contributed by atoms with E-state index in [2.05, 4.69) is 9.97 Å². The molecule has 0 spiro atoms. The summed E-state index contributed by atoms with van der Waals surface area (Å²) in [4.78, 5) is 19.7. The molecule has 0 bridgehead atoms. The number of hydrogen-bond acceptors (Lipinski definition) is 4. The number of aromatic nitrogens is 2. The predicted octanol–water partition coefficient (Wildman–Crippen LogP) is 4.77. The number of carbonyl (C=O) groups is 1. The lowest BCUT2D eigenvalue weighted by Gasteiger charge is -2.09. The Bertz CT molecular complexity index is 1260. The van der Waals surface area contributed by atoms with Gasteiger partial charge in [0, 0.05) is 28.8 Å². The molecule has 29 heavy (non-hydrogen) atoms. The first-order chi connectivity index (χ1) is 13.9. The van der Waals surface area contributed by atoms with Crippen LogP contribution in [-0.4, -0.2) is 15.9 Å². The van der Waals surface area contributed by atoms with E-state index in [9.17, 15) is 13.6 Å². The molecule has 2 heterocycles. The number of halogens is 2. The second-order valence-corrected chi connectivity index (χ2v) is 6.48. The molecule has 0 fully saturated rings. The maximum absolute atomic E-state index is 13.8. The van der Waals surface area contributed by atoms with Gasteiger partial charge >= 0.3 is 0 Å². The number of rotatable bonds is 4. The van der Waals surface area contributed by atoms with E-state index < -0.39 is 17.5 Å². The van der Waals surface area contributed by atoms with E-state index in [0.717, 1.165) is 17.2 Å². The topological polar surface area (TPSA) is 78.1 Å². The average Bonchev–Trinajstić information content (AvgIpc) is 2.71. The summed E-state index contributed by atoms with van der Waals surface area (Å²) < 4.78 is 32.9. The maximum atomic E-state index is 13.8. The van der Waals surface area contributed by atoms with E-state index in [-0.39, 0.29) is 5.52 Å². The number of hydrogen-bond donors (Lipinski definition) is 1. The fourth-order valence-corrected chi connectivity index (χ4v) is 3.05. The van der Waals surface area contributed by atoms with Crippen molar-refractivity contribution in [1.29, 1.82) is 0 Å². The minimum Gasteiger partial charge on any atom is -0.456 e. The molecule has 1 amide bonds. The lowest BCUT2D eigenvalue weighted by atomic mass is 10.0. The smallest absolute Gasteiger partial charge is 0.248 e. The minimum absolute atomic E-state index is 0.0576. The third-order valence-electron chi connectivity index (χ3n) is 4.47. The van der Waals surface area contributed by atoms with Gasteiger partial charge in [0.15, 0.2) is 11.6 Å². The number of nitrogens with zero attached hydrogens (tertiary/aromatic N) is 2. The fourth-order valence-electron chi connectivity index (χ4n) is 3.05. The standard InChI is InChI=1S/C22H15F2N3O2/c1-12-8-13(2-4-17(12)22(25)28)19-10-15(6-7-26-19)29-16-9-14-3-5-18(23)20(24)21(14)27-11-16/h2-11H,1H3,(H2,25,28). The molecule has 0 saturated carbocycles. The zero-order valence-corrected chi connectivity index (χ0v) is 15.3. The molecule has 2 aromatic carbocycles. The average molecular weight is 391 g/mol. The molecule has 4 aromatic rings. The molecule has 0 aliphatic rings. The normalized spacial score (nSPS) is 10.9. The van der Waals surface area contributed by atoms with Crippen LogP contribution in [0.5, 0.6) is 11.5 Å². The summed E-state index contributed by atoms with van der Waals surface area (Å²) in [5.74, 6) is -1.55. The van der Waals surface area contributed by atoms with Crippen LogP contribution in [0.1, 0.15) is 15.9 Å². The Hall–Kier alpha value is -3.87. The molecule has 5 nitrogen and oxygen atoms in total. The number of amides is 1. The van der Waals surface area contributed by atoms with Gasteiger partial charge in [0.1, 0.15) is 17.0 Å². The monoisotopic (exact) mass is 391 g/mol. The molecular formula is C22H15F2N3O2. The van der Waals surface area contributed by atoms with Gasteiger partial charge in [-0.2, -0.15) is 0 Å². The van der Waals surface area contributed by atoms with Crippen LogP contribution in [-0.2, 0) is 0 Å². The Kier molecular flexibility index (Phi) is 4.64. The van der Waals surface area contributed by atoms with Crippen molar-refractivity contribution in [2.45, 2.75) is 6.92 Å². The summed E-state index contributed by atoms with van der Waals surface area (Å²) >= 11 is 0. The van der Waals surface area contributed by atoms with Crippen molar-refractivity contribution in [1.82, 2.24) is 9.97 Å². The first kappa shape index (κ1) is 18.5. The van der Waals surface area contributed by atoms with Gasteiger partial charge in [0.05, 0.1) is 11.9 Å². The van der Waals surface area contributed by atoms with Gasteiger partial charge in [0.25, 0.3) is 0 Å². The first-order valence-electron chi connectivity index (χ1n) is 8.71. The predicted molar refractivity (Wildman–Crippen MR) is 105 cm³/mol. The summed E-state index contributed by atoms with van der Waals surface area (Å²) in [5.41, 5.74) is 7.93. The van der Waals surface area contributed by atoms with Crippen LogP contribution in [0.2, 0.25) is 0 Å². The van der Waals surface area contributed by atoms with Crippen LogP contribution in [0, 0.1) is 18.6 Å². The van der Waals surface area contributed by atoms with E-state index in [0.29, 0.717) is 28.1 Å². The van der Waals surface area contributed by atoms with Crippen molar-refractivity contribution in [3.63, 3.8) is 0 Å². The lowest BCUT2D eigenvalue weighted by Crippen LogP contribution is -2.12. The molecule has 2 aromatic heterocycles. The van der Waals surface area contributed by atoms with E-state index in [1.54, 1.807) is 43.5 Å². The van der Waals surface area contributed by atoms with Gasteiger partial charge in [0.2, 0.25) is 5.91 Å². The van der Waals surface area contributed by atoms with Gasteiger partial charge in [-0.05, 0) is 48.9 Å². The second kappa shape index (κ2) is 7.27. The summed E-state index contributed by atoms with van der Waals surface area (Å²) in [5, 5.41) is 0.424. The van der Waals surface area contributed by atoms with Crippen LogP contribution in [0.25, 0.3) is 22.2 Å². The Morgan fingerprint density at radius 1 is 1.00 bits per heavy atom. The molecule has 2 N–H and O–H groups in total. The number of fused-ring (bicyclic) bond motifs is 1. The number of primary amides is 1. The Labute approximate surface area is 164 Å². The van der Waals surface area contributed by atoms with Crippen molar-refractivity contribution in [2.24, 2.45) is 5.73 Å². The number of carbonyl (C=O) groups excluding carboxylic acids is 1. The van der Waals surface area contributed by atoms with Crippen LogP contribution in [0.15, 0.2) is 60.9 Å². The molecule has 0 unspecified atom stereocenters. The van der Waals surface area contributed by atoms with Gasteiger partial charge in [-0.1, -0.05) is 6.07 Å². The zero-order chi connectivity index (χ0) is 20.5. The Morgan fingerprint density at radius 2 is 1.83 bits per heavy atom. The third-order valence-corrected chi connectivity index (χ3v) is 4.47. The number of pyridine rings is 2. The molecule has 7 heteroatoms. The lowest BCUT2D eigenvalue weighted by molar-refractivity contribution is 0.0999. The minimum atomic E-state index is -0.991. The molecular weight excluding hydrogens is 376 g/mol. The van der Waals surface area contributed by atoms with Gasteiger partial charge in [-0.25, -0.2) is 13.8 Å². The summed E-state index contributed by atoms with van der Waals surface area (Å²) in [7, 11) is 0. The molecule has 0 saturated heterocycles. The molecule has 144 valence electrons. The quantitative estimate of drug-likeness (QED) is 0.543. The van der Waals surface area contributed by atoms with E-state index >= 15 is 0 Å².